The molecule has 0 bridgehead atoms. The van der Waals surface area contributed by atoms with Gasteiger partial charge in [-0.25, -0.2) is 0 Å². The van der Waals surface area contributed by atoms with E-state index in [0.29, 0.717) is 12.5 Å². The Balaban J connectivity index is 0.00000220. The van der Waals surface area contributed by atoms with E-state index in [-0.39, 0.29) is 24.9 Å². The summed E-state index contributed by atoms with van der Waals surface area (Å²) in [5.74, 6) is 0.707. The lowest BCUT2D eigenvalue weighted by atomic mass is 10.1. The normalized spacial score (nSPS) is 17.2. The lowest BCUT2D eigenvalue weighted by Gasteiger charge is -2.09. The van der Waals surface area contributed by atoms with Crippen LogP contribution in [0, 0.1) is 5.92 Å². The Kier molecular flexibility index (Phi) is 9.06. The van der Waals surface area contributed by atoms with E-state index in [4.69, 9.17) is 4.74 Å². The summed E-state index contributed by atoms with van der Waals surface area (Å²) in [5.41, 5.74) is 1.24. The number of rotatable bonds is 8. The van der Waals surface area contributed by atoms with E-state index in [1.54, 1.807) is 0 Å². The van der Waals surface area contributed by atoms with Gasteiger partial charge in [-0.15, -0.1) is 12.4 Å². The minimum Gasteiger partial charge on any atom is -0.371 e. The number of carbonyl (C=O) groups excluding carboxylic acids is 1. The van der Waals surface area contributed by atoms with Crippen molar-refractivity contribution in [3.05, 3.63) is 35.9 Å². The van der Waals surface area contributed by atoms with Crippen LogP contribution in [0.2, 0.25) is 0 Å². The van der Waals surface area contributed by atoms with Gasteiger partial charge in [0, 0.05) is 6.54 Å². The number of hydrogen-bond donors (Lipinski definition) is 2. The van der Waals surface area contributed by atoms with Crippen LogP contribution in [0.25, 0.3) is 0 Å². The third-order valence-electron chi connectivity index (χ3n) is 3.65. The van der Waals surface area contributed by atoms with Crippen molar-refractivity contribution in [2.24, 2.45) is 5.92 Å². The summed E-state index contributed by atoms with van der Waals surface area (Å²) in [4.78, 5) is 11.6. The minimum absolute atomic E-state index is 0. The van der Waals surface area contributed by atoms with E-state index in [1.165, 1.54) is 12.0 Å². The fraction of sp³-hybridized carbons (Fsp3) is 0.562. The first kappa shape index (κ1) is 18.0. The van der Waals surface area contributed by atoms with Gasteiger partial charge in [-0.3, -0.25) is 4.79 Å². The molecule has 0 saturated carbocycles. The van der Waals surface area contributed by atoms with Crippen LogP contribution in [0.1, 0.15) is 18.4 Å². The molecule has 1 unspecified atom stereocenters. The summed E-state index contributed by atoms with van der Waals surface area (Å²) in [6, 6.07) is 10.2. The third-order valence-corrected chi connectivity index (χ3v) is 3.65. The van der Waals surface area contributed by atoms with Gasteiger partial charge in [0.1, 0.15) is 6.61 Å². The highest BCUT2D eigenvalue weighted by molar-refractivity contribution is 5.85. The van der Waals surface area contributed by atoms with Crippen LogP contribution in [-0.4, -0.2) is 38.8 Å². The van der Waals surface area contributed by atoms with Gasteiger partial charge in [-0.2, -0.15) is 0 Å². The number of nitrogens with one attached hydrogen (secondary N) is 2. The first-order chi connectivity index (χ1) is 9.84. The Morgan fingerprint density at radius 1 is 1.33 bits per heavy atom. The molecule has 0 aromatic heterocycles. The average Bonchev–Trinajstić information content (AvgIpc) is 2.98. The number of ether oxygens (including phenoxy) is 1. The van der Waals surface area contributed by atoms with Gasteiger partial charge in [0.05, 0.1) is 6.61 Å². The fourth-order valence-corrected chi connectivity index (χ4v) is 2.43. The Morgan fingerprint density at radius 2 is 2.14 bits per heavy atom. The highest BCUT2D eigenvalue weighted by Gasteiger charge is 2.13. The van der Waals surface area contributed by atoms with Crippen molar-refractivity contribution >= 4 is 18.3 Å². The second-order valence-electron chi connectivity index (χ2n) is 5.29. The highest BCUT2D eigenvalue weighted by atomic mass is 35.5. The van der Waals surface area contributed by atoms with Crippen LogP contribution in [-0.2, 0) is 16.0 Å². The van der Waals surface area contributed by atoms with Crippen molar-refractivity contribution in [1.29, 1.82) is 0 Å². The monoisotopic (exact) mass is 312 g/mol. The van der Waals surface area contributed by atoms with Gasteiger partial charge in [0.25, 0.3) is 0 Å². The number of halogens is 1. The van der Waals surface area contributed by atoms with Crippen molar-refractivity contribution in [2.75, 3.05) is 32.8 Å². The molecule has 1 fully saturated rings. The highest BCUT2D eigenvalue weighted by Crippen LogP contribution is 2.10. The molecule has 0 spiro atoms. The second kappa shape index (κ2) is 10.6. The first-order valence-corrected chi connectivity index (χ1v) is 7.43. The molecule has 118 valence electrons. The predicted molar refractivity (Wildman–Crippen MR) is 86.8 cm³/mol. The maximum absolute atomic E-state index is 11.6. The van der Waals surface area contributed by atoms with Crippen LogP contribution in [0.5, 0.6) is 0 Å². The second-order valence-corrected chi connectivity index (χ2v) is 5.29. The molecule has 1 aromatic carbocycles. The lowest BCUT2D eigenvalue weighted by Crippen LogP contribution is -2.30. The molecule has 1 saturated heterocycles. The number of carbonyl (C=O) groups is 1. The van der Waals surface area contributed by atoms with Crippen LogP contribution < -0.4 is 10.6 Å². The maximum atomic E-state index is 11.6. The molecule has 1 atom stereocenters. The van der Waals surface area contributed by atoms with E-state index in [9.17, 15) is 4.79 Å². The number of benzene rings is 1. The van der Waals surface area contributed by atoms with Crippen molar-refractivity contribution < 1.29 is 9.53 Å². The zero-order valence-electron chi connectivity index (χ0n) is 12.3. The Labute approximate surface area is 133 Å². The fourth-order valence-electron chi connectivity index (χ4n) is 2.43. The molecule has 1 aromatic rings. The minimum atomic E-state index is -0.0102. The molecule has 21 heavy (non-hydrogen) atoms. The summed E-state index contributed by atoms with van der Waals surface area (Å²) >= 11 is 0. The largest absolute Gasteiger partial charge is 0.371 e. The number of amides is 1. The number of hydrogen-bond acceptors (Lipinski definition) is 3. The van der Waals surface area contributed by atoms with Gasteiger partial charge in [-0.05, 0) is 43.8 Å². The molecule has 1 amide bonds. The van der Waals surface area contributed by atoms with E-state index < -0.39 is 0 Å². The molecular formula is C16H25ClN2O2. The molecule has 0 aliphatic carbocycles. The summed E-state index contributed by atoms with van der Waals surface area (Å²) < 4.78 is 5.40. The van der Waals surface area contributed by atoms with E-state index in [0.717, 1.165) is 32.5 Å². The van der Waals surface area contributed by atoms with Crippen LogP contribution in [0.4, 0.5) is 0 Å². The molecule has 2 rings (SSSR count). The Hall–Kier alpha value is -1.10. The summed E-state index contributed by atoms with van der Waals surface area (Å²) in [5, 5.41) is 6.25. The smallest absolute Gasteiger partial charge is 0.245 e. The van der Waals surface area contributed by atoms with Crippen molar-refractivity contribution in [3.63, 3.8) is 0 Å². The van der Waals surface area contributed by atoms with Crippen molar-refractivity contribution in [3.8, 4) is 0 Å². The molecular weight excluding hydrogens is 288 g/mol. The summed E-state index contributed by atoms with van der Waals surface area (Å²) in [6.45, 7) is 3.71. The predicted octanol–water partition coefficient (Wildman–Crippen LogP) is 1.78. The van der Waals surface area contributed by atoms with Gasteiger partial charge in [0.2, 0.25) is 5.91 Å². The van der Waals surface area contributed by atoms with E-state index in [2.05, 4.69) is 22.8 Å². The maximum Gasteiger partial charge on any atom is 0.245 e. The molecule has 1 aliphatic rings. The average molecular weight is 313 g/mol. The molecule has 1 aliphatic heterocycles. The SMILES string of the molecule is Cl.O=C(COCCc1ccccc1)NCCC1CCNC1. The summed E-state index contributed by atoms with van der Waals surface area (Å²) in [7, 11) is 0. The van der Waals surface area contributed by atoms with Gasteiger partial charge >= 0.3 is 0 Å². The zero-order valence-corrected chi connectivity index (χ0v) is 13.2. The topological polar surface area (TPSA) is 50.4 Å². The first-order valence-electron chi connectivity index (χ1n) is 7.43. The molecule has 0 radical (unpaired) electrons. The Morgan fingerprint density at radius 3 is 2.86 bits per heavy atom. The standard InChI is InChI=1S/C16H24N2O2.ClH/c19-16(18-10-7-15-6-9-17-12-15)13-20-11-8-14-4-2-1-3-5-14;/h1-5,15,17H,6-13H2,(H,18,19);1H. The quantitative estimate of drug-likeness (QED) is 0.720. The van der Waals surface area contributed by atoms with Crippen molar-refractivity contribution in [2.45, 2.75) is 19.3 Å². The van der Waals surface area contributed by atoms with Crippen LogP contribution in [0.15, 0.2) is 30.3 Å². The molecule has 1 heterocycles. The third kappa shape index (κ3) is 7.46. The van der Waals surface area contributed by atoms with Gasteiger partial charge in [-0.1, -0.05) is 30.3 Å². The van der Waals surface area contributed by atoms with Crippen molar-refractivity contribution in [1.82, 2.24) is 10.6 Å². The molecule has 2 N–H and O–H groups in total. The molecule has 4 nitrogen and oxygen atoms in total. The van der Waals surface area contributed by atoms with Gasteiger partial charge in [0.15, 0.2) is 0 Å². The van der Waals surface area contributed by atoms with Crippen LogP contribution in [0.3, 0.4) is 0 Å². The van der Waals surface area contributed by atoms with E-state index in [1.807, 2.05) is 18.2 Å². The van der Waals surface area contributed by atoms with E-state index >= 15 is 0 Å². The zero-order chi connectivity index (χ0) is 14.0. The molecule has 5 heteroatoms. The van der Waals surface area contributed by atoms with Crippen LogP contribution >= 0.6 is 12.4 Å². The summed E-state index contributed by atoms with van der Waals surface area (Å²) in [6.07, 6.45) is 3.13. The van der Waals surface area contributed by atoms with Gasteiger partial charge < -0.3 is 15.4 Å². The lowest BCUT2D eigenvalue weighted by molar-refractivity contribution is -0.125. The Bertz CT molecular complexity index is 395.